The number of nitrogens with zero attached hydrogens (tertiary/aromatic N) is 1. The van der Waals surface area contributed by atoms with Crippen molar-refractivity contribution in [1.82, 2.24) is 4.98 Å². The molecule has 16 heavy (non-hydrogen) atoms. The molecule has 0 amide bonds. The normalized spacial score (nSPS) is 10.7. The Kier molecular flexibility index (Phi) is 3.38. The molecule has 2 nitrogen and oxygen atoms in total. The van der Waals surface area contributed by atoms with E-state index in [-0.39, 0.29) is 0 Å². The molecular formula is C11H10Cl2N2S. The maximum atomic E-state index is 6.13. The molecule has 0 spiro atoms. The number of benzene rings is 1. The zero-order chi connectivity index (χ0) is 11.7. The van der Waals surface area contributed by atoms with Gasteiger partial charge in [0.1, 0.15) is 10.7 Å². The van der Waals surface area contributed by atoms with E-state index in [9.17, 15) is 0 Å². The molecule has 0 unspecified atom stereocenters. The molecule has 2 N–H and O–H groups in total. The van der Waals surface area contributed by atoms with Gasteiger partial charge in [0, 0.05) is 5.56 Å². The Morgan fingerprint density at radius 1 is 1.38 bits per heavy atom. The third-order valence-corrected chi connectivity index (χ3v) is 4.05. The van der Waals surface area contributed by atoms with Crippen LogP contribution in [0, 0.1) is 0 Å². The number of anilines is 1. The Labute approximate surface area is 108 Å². The summed E-state index contributed by atoms with van der Waals surface area (Å²) in [6, 6.07) is 5.46. The van der Waals surface area contributed by atoms with E-state index in [4.69, 9.17) is 28.9 Å². The largest absolute Gasteiger partial charge is 0.389 e. The quantitative estimate of drug-likeness (QED) is 0.887. The average molecular weight is 273 g/mol. The summed E-state index contributed by atoms with van der Waals surface area (Å²) in [6.45, 7) is 2.04. The molecule has 0 radical (unpaired) electrons. The molecule has 1 aromatic carbocycles. The van der Waals surface area contributed by atoms with Crippen molar-refractivity contribution in [3.63, 3.8) is 0 Å². The molecule has 2 aromatic rings. The lowest BCUT2D eigenvalue weighted by Gasteiger charge is -2.03. The predicted molar refractivity (Wildman–Crippen MR) is 71.4 cm³/mol. The Balaban J connectivity index is 2.58. The van der Waals surface area contributed by atoms with Crippen LogP contribution in [0.1, 0.15) is 11.9 Å². The third-order valence-electron chi connectivity index (χ3n) is 2.21. The molecule has 0 atom stereocenters. The van der Waals surface area contributed by atoms with Crippen LogP contribution in [-0.4, -0.2) is 4.98 Å². The number of nitrogens with two attached hydrogens (primary N) is 1. The number of rotatable bonds is 2. The monoisotopic (exact) mass is 272 g/mol. The fraction of sp³-hybridized carbons (Fsp3) is 0.182. The molecule has 0 fully saturated rings. The molecule has 0 bridgehead atoms. The van der Waals surface area contributed by atoms with Gasteiger partial charge >= 0.3 is 0 Å². The standard InChI is InChI=1S/C11H10Cl2N2S/c1-2-8-15-10(11(14)16-8)6-4-3-5-7(12)9(6)13/h3-5H,2,14H2,1H3. The van der Waals surface area contributed by atoms with Crippen LogP contribution >= 0.6 is 34.5 Å². The summed E-state index contributed by atoms with van der Waals surface area (Å²) >= 11 is 13.6. The van der Waals surface area contributed by atoms with Gasteiger partial charge < -0.3 is 5.73 Å². The fourth-order valence-electron chi connectivity index (χ4n) is 1.41. The van der Waals surface area contributed by atoms with Gasteiger partial charge in [-0.3, -0.25) is 0 Å². The van der Waals surface area contributed by atoms with Crippen LogP contribution < -0.4 is 5.73 Å². The van der Waals surface area contributed by atoms with Gasteiger partial charge in [0.2, 0.25) is 0 Å². The smallest absolute Gasteiger partial charge is 0.114 e. The summed E-state index contributed by atoms with van der Waals surface area (Å²) in [6.07, 6.45) is 0.868. The van der Waals surface area contributed by atoms with Gasteiger partial charge in [-0.15, -0.1) is 11.3 Å². The second-order valence-electron chi connectivity index (χ2n) is 3.28. The first-order chi connectivity index (χ1) is 7.63. The summed E-state index contributed by atoms with van der Waals surface area (Å²) < 4.78 is 0. The highest BCUT2D eigenvalue weighted by atomic mass is 35.5. The van der Waals surface area contributed by atoms with Crippen molar-refractivity contribution in [2.75, 3.05) is 5.73 Å². The number of thiazole rings is 1. The first kappa shape index (κ1) is 11.7. The van der Waals surface area contributed by atoms with Crippen molar-refractivity contribution in [1.29, 1.82) is 0 Å². The molecule has 1 aromatic heterocycles. The molecular weight excluding hydrogens is 263 g/mol. The lowest BCUT2D eigenvalue weighted by molar-refractivity contribution is 1.10. The first-order valence-electron chi connectivity index (χ1n) is 4.83. The van der Waals surface area contributed by atoms with Crippen LogP contribution in [0.5, 0.6) is 0 Å². The Morgan fingerprint density at radius 3 is 2.75 bits per heavy atom. The van der Waals surface area contributed by atoms with Gasteiger partial charge in [-0.2, -0.15) is 0 Å². The van der Waals surface area contributed by atoms with E-state index in [0.29, 0.717) is 15.0 Å². The predicted octanol–water partition coefficient (Wildman–Crippen LogP) is 4.26. The first-order valence-corrected chi connectivity index (χ1v) is 6.40. The van der Waals surface area contributed by atoms with Crippen molar-refractivity contribution in [2.45, 2.75) is 13.3 Å². The Bertz CT molecular complexity index is 523. The summed E-state index contributed by atoms with van der Waals surface area (Å²) in [7, 11) is 0. The van der Waals surface area contributed by atoms with Crippen molar-refractivity contribution < 1.29 is 0 Å². The molecule has 1 heterocycles. The summed E-state index contributed by atoms with van der Waals surface area (Å²) in [5.41, 5.74) is 7.45. The number of nitrogen functional groups attached to an aromatic ring is 1. The molecule has 84 valence electrons. The molecule has 0 aliphatic carbocycles. The van der Waals surface area contributed by atoms with Gasteiger partial charge in [-0.25, -0.2) is 4.98 Å². The van der Waals surface area contributed by atoms with E-state index in [1.165, 1.54) is 11.3 Å². The average Bonchev–Trinajstić information content (AvgIpc) is 2.64. The van der Waals surface area contributed by atoms with E-state index >= 15 is 0 Å². The minimum absolute atomic E-state index is 0.504. The zero-order valence-corrected chi connectivity index (χ0v) is 11.0. The van der Waals surface area contributed by atoms with Crippen molar-refractivity contribution in [3.8, 4) is 11.3 Å². The van der Waals surface area contributed by atoms with Crippen LogP contribution in [0.2, 0.25) is 10.0 Å². The third kappa shape index (κ3) is 2.03. The van der Waals surface area contributed by atoms with Crippen LogP contribution in [-0.2, 0) is 6.42 Å². The second-order valence-corrected chi connectivity index (χ2v) is 5.18. The van der Waals surface area contributed by atoms with Gasteiger partial charge in [0.05, 0.1) is 15.1 Å². The van der Waals surface area contributed by atoms with Crippen LogP contribution in [0.4, 0.5) is 5.00 Å². The minimum atomic E-state index is 0.504. The highest BCUT2D eigenvalue weighted by molar-refractivity contribution is 7.16. The number of hydrogen-bond donors (Lipinski definition) is 1. The summed E-state index contributed by atoms with van der Waals surface area (Å²) in [4.78, 5) is 4.45. The molecule has 0 aliphatic rings. The molecule has 0 aliphatic heterocycles. The van der Waals surface area contributed by atoms with E-state index < -0.39 is 0 Å². The molecule has 0 saturated heterocycles. The lowest BCUT2D eigenvalue weighted by Crippen LogP contribution is -1.87. The highest BCUT2D eigenvalue weighted by Crippen LogP contribution is 2.37. The van der Waals surface area contributed by atoms with Crippen LogP contribution in [0.3, 0.4) is 0 Å². The number of aromatic nitrogens is 1. The maximum Gasteiger partial charge on any atom is 0.114 e. The van der Waals surface area contributed by atoms with Crippen LogP contribution in [0.25, 0.3) is 11.3 Å². The topological polar surface area (TPSA) is 38.9 Å². The summed E-state index contributed by atoms with van der Waals surface area (Å²) in [5.74, 6) is 0. The van der Waals surface area contributed by atoms with E-state index in [1.807, 2.05) is 19.1 Å². The highest BCUT2D eigenvalue weighted by Gasteiger charge is 2.14. The van der Waals surface area contributed by atoms with Crippen molar-refractivity contribution in [2.24, 2.45) is 0 Å². The van der Waals surface area contributed by atoms with Gasteiger partial charge in [0.25, 0.3) is 0 Å². The molecule has 0 saturated carbocycles. The number of aryl methyl sites for hydroxylation is 1. The summed E-state index contributed by atoms with van der Waals surface area (Å²) in [5, 5.41) is 2.71. The van der Waals surface area contributed by atoms with Crippen molar-refractivity contribution in [3.05, 3.63) is 33.3 Å². The lowest BCUT2D eigenvalue weighted by atomic mass is 10.1. The Hall–Kier alpha value is -0.770. The second kappa shape index (κ2) is 4.62. The minimum Gasteiger partial charge on any atom is -0.389 e. The van der Waals surface area contributed by atoms with E-state index in [1.54, 1.807) is 6.07 Å². The van der Waals surface area contributed by atoms with E-state index in [0.717, 1.165) is 22.7 Å². The van der Waals surface area contributed by atoms with Gasteiger partial charge in [-0.1, -0.05) is 42.3 Å². The van der Waals surface area contributed by atoms with Crippen LogP contribution in [0.15, 0.2) is 18.2 Å². The van der Waals surface area contributed by atoms with E-state index in [2.05, 4.69) is 4.98 Å². The zero-order valence-electron chi connectivity index (χ0n) is 8.63. The maximum absolute atomic E-state index is 6.13. The van der Waals surface area contributed by atoms with Gasteiger partial charge in [0.15, 0.2) is 0 Å². The number of hydrogen-bond acceptors (Lipinski definition) is 3. The fourth-order valence-corrected chi connectivity index (χ4v) is 2.59. The number of halogens is 2. The van der Waals surface area contributed by atoms with Gasteiger partial charge in [-0.05, 0) is 12.5 Å². The van der Waals surface area contributed by atoms with Crippen molar-refractivity contribution >= 4 is 39.5 Å². The SMILES string of the molecule is CCc1nc(-c2cccc(Cl)c2Cl)c(N)s1. The molecule has 2 rings (SSSR count). The Morgan fingerprint density at radius 2 is 2.12 bits per heavy atom. The molecule has 5 heteroatoms.